The highest BCUT2D eigenvalue weighted by Gasteiger charge is 2.24. The number of rotatable bonds is 8. The Morgan fingerprint density at radius 1 is 1.27 bits per heavy atom. The number of hydrogen-bond acceptors (Lipinski definition) is 3. The largest absolute Gasteiger partial charge is 0.496 e. The number of likely N-dealkylation sites (tertiary alicyclic amines) is 1. The van der Waals surface area contributed by atoms with Crippen LogP contribution in [0.1, 0.15) is 37.8 Å². The maximum Gasteiger partial charge on any atom is 0.191 e. The van der Waals surface area contributed by atoms with Crippen molar-refractivity contribution in [3.63, 3.8) is 0 Å². The van der Waals surface area contributed by atoms with E-state index in [0.29, 0.717) is 13.1 Å². The van der Waals surface area contributed by atoms with Crippen LogP contribution in [0.4, 0.5) is 0 Å². The molecular formula is C20H33IN4O. The number of guanidine groups is 1. The number of hydrogen-bond donors (Lipinski definition) is 2. The SMILES string of the molecule is C=CCNC(=NCC(c1ccccc1OC)N1CCCCC1)NCC.I. The Balaban J connectivity index is 0.00000338. The zero-order valence-electron chi connectivity index (χ0n) is 16.0. The molecule has 1 atom stereocenters. The van der Waals surface area contributed by atoms with Crippen molar-refractivity contribution in [1.82, 2.24) is 15.5 Å². The second-order valence-electron chi connectivity index (χ2n) is 6.24. The Bertz CT molecular complexity index is 558. The number of benzene rings is 1. The lowest BCUT2D eigenvalue weighted by molar-refractivity contribution is 0.165. The Morgan fingerprint density at radius 2 is 2.00 bits per heavy atom. The Kier molecular flexibility index (Phi) is 11.4. The number of piperidine rings is 1. The third-order valence-electron chi connectivity index (χ3n) is 4.51. The van der Waals surface area contributed by atoms with Gasteiger partial charge < -0.3 is 15.4 Å². The van der Waals surface area contributed by atoms with Crippen molar-refractivity contribution in [2.24, 2.45) is 4.99 Å². The topological polar surface area (TPSA) is 48.9 Å². The van der Waals surface area contributed by atoms with E-state index >= 15 is 0 Å². The molecule has 1 aliphatic heterocycles. The van der Waals surface area contributed by atoms with Gasteiger partial charge in [-0.25, -0.2) is 0 Å². The summed E-state index contributed by atoms with van der Waals surface area (Å²) in [7, 11) is 1.74. The maximum atomic E-state index is 5.62. The molecule has 0 amide bonds. The van der Waals surface area contributed by atoms with Crippen molar-refractivity contribution in [3.05, 3.63) is 42.5 Å². The lowest BCUT2D eigenvalue weighted by atomic mass is 10.0. The molecule has 1 unspecified atom stereocenters. The highest BCUT2D eigenvalue weighted by atomic mass is 127. The van der Waals surface area contributed by atoms with Gasteiger partial charge >= 0.3 is 0 Å². The molecule has 1 fully saturated rings. The van der Waals surface area contributed by atoms with Crippen LogP contribution in [0.15, 0.2) is 41.9 Å². The molecule has 6 heteroatoms. The van der Waals surface area contributed by atoms with Crippen molar-refractivity contribution in [3.8, 4) is 5.75 Å². The van der Waals surface area contributed by atoms with Crippen LogP contribution in [0.5, 0.6) is 5.75 Å². The second kappa shape index (κ2) is 13.0. The van der Waals surface area contributed by atoms with Gasteiger partial charge in [-0.2, -0.15) is 0 Å². The fourth-order valence-corrected chi connectivity index (χ4v) is 3.27. The van der Waals surface area contributed by atoms with Crippen LogP contribution in [-0.2, 0) is 0 Å². The number of methoxy groups -OCH3 is 1. The summed E-state index contributed by atoms with van der Waals surface area (Å²) in [6, 6.07) is 8.54. The van der Waals surface area contributed by atoms with Crippen molar-refractivity contribution >= 4 is 29.9 Å². The molecule has 0 aliphatic carbocycles. The molecule has 26 heavy (non-hydrogen) atoms. The van der Waals surface area contributed by atoms with Crippen LogP contribution in [-0.4, -0.2) is 50.7 Å². The highest BCUT2D eigenvalue weighted by Crippen LogP contribution is 2.31. The predicted octanol–water partition coefficient (Wildman–Crippen LogP) is 3.58. The molecule has 1 saturated heterocycles. The van der Waals surface area contributed by atoms with Crippen LogP contribution in [0.3, 0.4) is 0 Å². The van der Waals surface area contributed by atoms with Crippen LogP contribution in [0.25, 0.3) is 0 Å². The summed E-state index contributed by atoms with van der Waals surface area (Å²) >= 11 is 0. The normalized spacial score (nSPS) is 16.3. The third-order valence-corrected chi connectivity index (χ3v) is 4.51. The van der Waals surface area contributed by atoms with E-state index in [2.05, 4.69) is 41.2 Å². The molecule has 5 nitrogen and oxygen atoms in total. The summed E-state index contributed by atoms with van der Waals surface area (Å²) < 4.78 is 5.62. The molecule has 0 radical (unpaired) electrons. The monoisotopic (exact) mass is 472 g/mol. The first-order chi connectivity index (χ1) is 12.3. The van der Waals surface area contributed by atoms with Gasteiger partial charge in [0.2, 0.25) is 0 Å². The Labute approximate surface area is 175 Å². The van der Waals surface area contributed by atoms with E-state index in [0.717, 1.165) is 31.3 Å². The molecule has 0 aromatic heterocycles. The summed E-state index contributed by atoms with van der Waals surface area (Å²) in [6.45, 7) is 10.3. The number of aliphatic imine (C=N–C) groups is 1. The van der Waals surface area contributed by atoms with Gasteiger partial charge in [-0.15, -0.1) is 30.6 Å². The van der Waals surface area contributed by atoms with Crippen molar-refractivity contribution in [2.45, 2.75) is 32.2 Å². The standard InChI is InChI=1S/C20H32N4O.HI/c1-4-13-22-20(21-5-2)23-16-18(24-14-9-6-10-15-24)17-11-7-8-12-19(17)25-3;/h4,7-8,11-12,18H,1,5-6,9-10,13-16H2,2-3H3,(H2,21,22,23);1H. The molecule has 0 bridgehead atoms. The molecule has 1 aromatic carbocycles. The fourth-order valence-electron chi connectivity index (χ4n) is 3.27. The summed E-state index contributed by atoms with van der Waals surface area (Å²) in [5.74, 6) is 1.77. The lowest BCUT2D eigenvalue weighted by Gasteiger charge is -2.34. The Hall–Kier alpha value is -1.28. The first-order valence-electron chi connectivity index (χ1n) is 9.30. The van der Waals surface area contributed by atoms with Crippen molar-refractivity contribution in [2.75, 3.05) is 39.8 Å². The van der Waals surface area contributed by atoms with E-state index in [-0.39, 0.29) is 30.0 Å². The van der Waals surface area contributed by atoms with Crippen LogP contribution in [0.2, 0.25) is 0 Å². The quantitative estimate of drug-likeness (QED) is 0.263. The van der Waals surface area contributed by atoms with Crippen molar-refractivity contribution in [1.29, 1.82) is 0 Å². The van der Waals surface area contributed by atoms with E-state index in [1.165, 1.54) is 24.8 Å². The molecule has 0 saturated carbocycles. The minimum Gasteiger partial charge on any atom is -0.496 e. The van der Waals surface area contributed by atoms with E-state index in [4.69, 9.17) is 9.73 Å². The zero-order chi connectivity index (χ0) is 17.9. The second-order valence-corrected chi connectivity index (χ2v) is 6.24. The smallest absolute Gasteiger partial charge is 0.191 e. The zero-order valence-corrected chi connectivity index (χ0v) is 18.4. The minimum atomic E-state index is 0. The molecule has 1 heterocycles. The summed E-state index contributed by atoms with van der Waals surface area (Å²) in [4.78, 5) is 7.37. The number of halogens is 1. The van der Waals surface area contributed by atoms with E-state index < -0.39 is 0 Å². The highest BCUT2D eigenvalue weighted by molar-refractivity contribution is 14.0. The molecule has 2 N–H and O–H groups in total. The first kappa shape index (κ1) is 22.8. The maximum absolute atomic E-state index is 5.62. The summed E-state index contributed by atoms with van der Waals surface area (Å²) in [5, 5.41) is 6.58. The van der Waals surface area contributed by atoms with Gasteiger partial charge in [-0.1, -0.05) is 30.7 Å². The molecular weight excluding hydrogens is 439 g/mol. The van der Waals surface area contributed by atoms with Gasteiger partial charge in [0.25, 0.3) is 0 Å². The van der Waals surface area contributed by atoms with Gasteiger partial charge in [0.05, 0.1) is 19.7 Å². The number of nitrogens with one attached hydrogen (secondary N) is 2. The van der Waals surface area contributed by atoms with Gasteiger partial charge in [0.15, 0.2) is 5.96 Å². The van der Waals surface area contributed by atoms with Crippen LogP contribution < -0.4 is 15.4 Å². The fraction of sp³-hybridized carbons (Fsp3) is 0.550. The summed E-state index contributed by atoms with van der Waals surface area (Å²) in [5.41, 5.74) is 1.22. The predicted molar refractivity (Wildman–Crippen MR) is 121 cm³/mol. The molecule has 1 aliphatic rings. The van der Waals surface area contributed by atoms with Gasteiger partial charge in [-0.3, -0.25) is 9.89 Å². The van der Waals surface area contributed by atoms with E-state index in [9.17, 15) is 0 Å². The molecule has 146 valence electrons. The van der Waals surface area contributed by atoms with E-state index in [1.54, 1.807) is 7.11 Å². The number of nitrogens with zero attached hydrogens (tertiary/aromatic N) is 2. The number of para-hydroxylation sites is 1. The van der Waals surface area contributed by atoms with Crippen molar-refractivity contribution < 1.29 is 4.74 Å². The van der Waals surface area contributed by atoms with Gasteiger partial charge in [0.1, 0.15) is 5.75 Å². The third kappa shape index (κ3) is 6.79. The van der Waals surface area contributed by atoms with Crippen LogP contribution >= 0.6 is 24.0 Å². The Morgan fingerprint density at radius 3 is 2.65 bits per heavy atom. The molecule has 0 spiro atoms. The molecule has 1 aromatic rings. The van der Waals surface area contributed by atoms with Crippen LogP contribution in [0, 0.1) is 0 Å². The lowest BCUT2D eigenvalue weighted by Crippen LogP contribution is -2.39. The average Bonchev–Trinajstić information content (AvgIpc) is 2.67. The van der Waals surface area contributed by atoms with Gasteiger partial charge in [0, 0.05) is 18.7 Å². The average molecular weight is 472 g/mol. The molecule has 2 rings (SSSR count). The summed E-state index contributed by atoms with van der Waals surface area (Å²) in [6.07, 6.45) is 5.67. The van der Waals surface area contributed by atoms with Gasteiger partial charge in [-0.05, 0) is 38.9 Å². The minimum absolute atomic E-state index is 0. The number of ether oxygens (including phenoxy) is 1. The van der Waals surface area contributed by atoms with E-state index in [1.807, 2.05) is 18.2 Å². The first-order valence-corrected chi connectivity index (χ1v) is 9.30.